The smallest absolute Gasteiger partial charge is 0.255 e. The number of hydrogen-bond donors (Lipinski definition) is 0. The van der Waals surface area contributed by atoms with E-state index >= 15 is 0 Å². The number of rotatable bonds is 2. The molecule has 92 valence electrons. The highest BCUT2D eigenvalue weighted by Crippen LogP contribution is 2.43. The molecule has 0 N–H and O–H groups in total. The topological polar surface area (TPSA) is 23.6 Å². The van der Waals surface area contributed by atoms with Crippen LogP contribution < -0.4 is 4.90 Å². The number of fused-ring (bicyclic) bond motifs is 1. The Bertz CT molecular complexity index is 463. The van der Waals surface area contributed by atoms with Gasteiger partial charge in [-0.05, 0) is 32.9 Å². The van der Waals surface area contributed by atoms with E-state index in [1.54, 1.807) is 0 Å². The molecular weight excluding hydrogens is 212 g/mol. The molecule has 0 bridgehead atoms. The van der Waals surface area contributed by atoms with Crippen molar-refractivity contribution in [2.75, 3.05) is 25.5 Å². The zero-order chi connectivity index (χ0) is 12.8. The number of anilines is 1. The van der Waals surface area contributed by atoms with Crippen LogP contribution in [0.5, 0.6) is 0 Å². The van der Waals surface area contributed by atoms with Crippen molar-refractivity contribution in [1.82, 2.24) is 4.90 Å². The van der Waals surface area contributed by atoms with E-state index in [0.717, 1.165) is 23.4 Å². The quantitative estimate of drug-likeness (QED) is 0.782. The van der Waals surface area contributed by atoms with E-state index in [1.807, 2.05) is 38.1 Å². The van der Waals surface area contributed by atoms with Gasteiger partial charge in [0, 0.05) is 37.5 Å². The fourth-order valence-electron chi connectivity index (χ4n) is 2.81. The number of nitrogens with zero attached hydrogens (tertiary/aromatic N) is 2. The van der Waals surface area contributed by atoms with E-state index in [-0.39, 0.29) is 11.4 Å². The minimum Gasteiger partial charge on any atom is -0.377 e. The second-order valence-corrected chi connectivity index (χ2v) is 5.20. The molecule has 0 aliphatic carbocycles. The van der Waals surface area contributed by atoms with E-state index in [2.05, 4.69) is 24.8 Å². The van der Waals surface area contributed by atoms with Gasteiger partial charge in [0.15, 0.2) is 0 Å². The van der Waals surface area contributed by atoms with E-state index in [0.29, 0.717) is 0 Å². The van der Waals surface area contributed by atoms with Gasteiger partial charge in [0.05, 0.1) is 5.54 Å². The SMILES string of the molecule is CCN1C(=O)c2cccc(N(C)C)c2C1(C)C. The summed E-state index contributed by atoms with van der Waals surface area (Å²) < 4.78 is 0. The lowest BCUT2D eigenvalue weighted by Crippen LogP contribution is -2.39. The van der Waals surface area contributed by atoms with Gasteiger partial charge in [-0.25, -0.2) is 0 Å². The number of carbonyl (C=O) groups is 1. The monoisotopic (exact) mass is 232 g/mol. The number of hydrogen-bond acceptors (Lipinski definition) is 2. The molecule has 0 spiro atoms. The van der Waals surface area contributed by atoms with Crippen LogP contribution in [0.4, 0.5) is 5.69 Å². The molecular formula is C14H20N2O. The summed E-state index contributed by atoms with van der Waals surface area (Å²) in [6.45, 7) is 7.01. The predicted molar refractivity (Wildman–Crippen MR) is 70.5 cm³/mol. The third-order valence-electron chi connectivity index (χ3n) is 3.60. The average Bonchev–Trinajstić information content (AvgIpc) is 2.47. The fourth-order valence-corrected chi connectivity index (χ4v) is 2.81. The van der Waals surface area contributed by atoms with Crippen molar-refractivity contribution in [2.24, 2.45) is 0 Å². The highest BCUT2D eigenvalue weighted by molar-refractivity contribution is 6.01. The maximum atomic E-state index is 12.3. The second kappa shape index (κ2) is 3.76. The Hall–Kier alpha value is -1.51. The maximum absolute atomic E-state index is 12.3. The van der Waals surface area contributed by atoms with Crippen LogP contribution in [0.15, 0.2) is 18.2 Å². The van der Waals surface area contributed by atoms with E-state index in [1.165, 1.54) is 0 Å². The molecule has 1 aliphatic rings. The largest absolute Gasteiger partial charge is 0.377 e. The van der Waals surface area contributed by atoms with Crippen molar-refractivity contribution >= 4 is 11.6 Å². The third-order valence-corrected chi connectivity index (χ3v) is 3.60. The first-order valence-electron chi connectivity index (χ1n) is 6.04. The van der Waals surface area contributed by atoms with Crippen LogP contribution in [0.2, 0.25) is 0 Å². The molecule has 1 heterocycles. The predicted octanol–water partition coefficient (Wildman–Crippen LogP) is 2.46. The first-order chi connectivity index (χ1) is 7.91. The van der Waals surface area contributed by atoms with Gasteiger partial charge in [-0.1, -0.05) is 6.07 Å². The summed E-state index contributed by atoms with van der Waals surface area (Å²) in [6, 6.07) is 5.97. The highest BCUT2D eigenvalue weighted by Gasteiger charge is 2.43. The molecule has 0 saturated carbocycles. The van der Waals surface area contributed by atoms with Gasteiger partial charge in [-0.2, -0.15) is 0 Å². The van der Waals surface area contributed by atoms with Crippen LogP contribution in [-0.4, -0.2) is 31.4 Å². The molecule has 0 atom stereocenters. The lowest BCUT2D eigenvalue weighted by molar-refractivity contribution is 0.0635. The molecule has 17 heavy (non-hydrogen) atoms. The molecule has 0 unspecified atom stereocenters. The molecule has 1 aromatic carbocycles. The minimum absolute atomic E-state index is 0.149. The summed E-state index contributed by atoms with van der Waals surface area (Å²) in [5.74, 6) is 0.149. The second-order valence-electron chi connectivity index (χ2n) is 5.20. The maximum Gasteiger partial charge on any atom is 0.255 e. The van der Waals surface area contributed by atoms with Crippen molar-refractivity contribution < 1.29 is 4.79 Å². The molecule has 3 nitrogen and oxygen atoms in total. The van der Waals surface area contributed by atoms with Crippen LogP contribution in [0.1, 0.15) is 36.7 Å². The van der Waals surface area contributed by atoms with Crippen molar-refractivity contribution in [2.45, 2.75) is 26.3 Å². The van der Waals surface area contributed by atoms with E-state index in [4.69, 9.17) is 0 Å². The van der Waals surface area contributed by atoms with Gasteiger partial charge >= 0.3 is 0 Å². The molecule has 0 aromatic heterocycles. The molecule has 2 rings (SSSR count). The number of benzene rings is 1. The molecule has 3 heteroatoms. The number of carbonyl (C=O) groups excluding carboxylic acids is 1. The fraction of sp³-hybridized carbons (Fsp3) is 0.500. The van der Waals surface area contributed by atoms with Crippen LogP contribution in [0.3, 0.4) is 0 Å². The van der Waals surface area contributed by atoms with Gasteiger partial charge in [-0.3, -0.25) is 4.79 Å². The van der Waals surface area contributed by atoms with Crippen LogP contribution in [-0.2, 0) is 5.54 Å². The number of amides is 1. The first kappa shape index (κ1) is 12.0. The van der Waals surface area contributed by atoms with E-state index in [9.17, 15) is 4.79 Å². The van der Waals surface area contributed by atoms with Crippen LogP contribution in [0.25, 0.3) is 0 Å². The summed E-state index contributed by atoms with van der Waals surface area (Å²) in [7, 11) is 4.04. The molecule has 1 amide bonds. The van der Waals surface area contributed by atoms with Gasteiger partial charge in [-0.15, -0.1) is 0 Å². The Morgan fingerprint density at radius 2 is 1.94 bits per heavy atom. The minimum atomic E-state index is -0.220. The normalized spacial score (nSPS) is 17.2. The van der Waals surface area contributed by atoms with Crippen LogP contribution >= 0.6 is 0 Å². The Balaban J connectivity index is 2.69. The van der Waals surface area contributed by atoms with Crippen LogP contribution in [0, 0.1) is 0 Å². The van der Waals surface area contributed by atoms with Crippen molar-refractivity contribution in [3.63, 3.8) is 0 Å². The van der Waals surface area contributed by atoms with Gasteiger partial charge < -0.3 is 9.80 Å². The zero-order valence-corrected chi connectivity index (χ0v) is 11.2. The molecule has 0 saturated heterocycles. The molecule has 0 fully saturated rings. The first-order valence-corrected chi connectivity index (χ1v) is 6.04. The van der Waals surface area contributed by atoms with Gasteiger partial charge in [0.25, 0.3) is 5.91 Å². The van der Waals surface area contributed by atoms with Crippen molar-refractivity contribution in [3.8, 4) is 0 Å². The lowest BCUT2D eigenvalue weighted by Gasteiger charge is -2.33. The average molecular weight is 232 g/mol. The van der Waals surface area contributed by atoms with Gasteiger partial charge in [0.1, 0.15) is 0 Å². The molecule has 0 radical (unpaired) electrons. The summed E-state index contributed by atoms with van der Waals surface area (Å²) in [4.78, 5) is 16.3. The Morgan fingerprint density at radius 3 is 2.47 bits per heavy atom. The summed E-state index contributed by atoms with van der Waals surface area (Å²) >= 11 is 0. The van der Waals surface area contributed by atoms with Crippen molar-refractivity contribution in [1.29, 1.82) is 0 Å². The Labute approximate surface area is 103 Å². The zero-order valence-electron chi connectivity index (χ0n) is 11.2. The highest BCUT2D eigenvalue weighted by atomic mass is 16.2. The third kappa shape index (κ3) is 1.53. The molecule has 1 aromatic rings. The Kier molecular flexibility index (Phi) is 2.64. The van der Waals surface area contributed by atoms with Crippen molar-refractivity contribution in [3.05, 3.63) is 29.3 Å². The summed E-state index contributed by atoms with van der Waals surface area (Å²) in [6.07, 6.45) is 0. The standard InChI is InChI=1S/C14H20N2O/c1-6-16-13(17)10-8-7-9-11(15(4)5)12(10)14(16,2)3/h7-9H,6H2,1-5H3. The van der Waals surface area contributed by atoms with E-state index < -0.39 is 0 Å². The van der Waals surface area contributed by atoms with Gasteiger partial charge in [0.2, 0.25) is 0 Å². The molecule has 1 aliphatic heterocycles. The lowest BCUT2D eigenvalue weighted by atomic mass is 9.91. The summed E-state index contributed by atoms with van der Waals surface area (Å²) in [5.41, 5.74) is 2.92. The Morgan fingerprint density at radius 1 is 1.29 bits per heavy atom. The summed E-state index contributed by atoms with van der Waals surface area (Å²) in [5, 5.41) is 0.